The van der Waals surface area contributed by atoms with Crippen LogP contribution in [0.1, 0.15) is 15.9 Å². The van der Waals surface area contributed by atoms with Crippen molar-refractivity contribution >= 4 is 17.5 Å². The minimum absolute atomic E-state index is 0.108. The molecule has 0 aliphatic carbocycles. The van der Waals surface area contributed by atoms with Crippen molar-refractivity contribution in [3.63, 3.8) is 0 Å². The predicted molar refractivity (Wildman–Crippen MR) is 111 cm³/mol. The normalized spacial score (nSPS) is 14.0. The van der Waals surface area contributed by atoms with Gasteiger partial charge in [-0.3, -0.25) is 4.79 Å². The number of piperazine rings is 1. The number of hydrogen-bond donors (Lipinski definition) is 1. The van der Waals surface area contributed by atoms with E-state index < -0.39 is 0 Å². The summed E-state index contributed by atoms with van der Waals surface area (Å²) < 4.78 is 0. The Balaban J connectivity index is 1.31. The highest BCUT2D eigenvalue weighted by Gasteiger charge is 2.19. The van der Waals surface area contributed by atoms with Crippen molar-refractivity contribution < 1.29 is 4.79 Å². The number of benzene rings is 1. The molecular weight excluding hydrogens is 350 g/mol. The number of aromatic nitrogens is 2. The first-order valence-corrected chi connectivity index (χ1v) is 9.49. The Morgan fingerprint density at radius 2 is 1.50 bits per heavy atom. The van der Waals surface area contributed by atoms with Gasteiger partial charge in [0.15, 0.2) is 0 Å². The molecule has 1 saturated heterocycles. The van der Waals surface area contributed by atoms with Gasteiger partial charge in [-0.1, -0.05) is 36.4 Å². The maximum atomic E-state index is 12.3. The maximum absolute atomic E-state index is 12.3. The highest BCUT2D eigenvalue weighted by atomic mass is 16.1. The van der Waals surface area contributed by atoms with Gasteiger partial charge in [0, 0.05) is 45.1 Å². The minimum atomic E-state index is -0.108. The molecule has 1 fully saturated rings. The summed E-state index contributed by atoms with van der Waals surface area (Å²) >= 11 is 0. The summed E-state index contributed by atoms with van der Waals surface area (Å²) in [5.41, 5.74) is 1.65. The Morgan fingerprint density at radius 3 is 2.11 bits per heavy atom. The molecule has 1 aromatic carbocycles. The first kappa shape index (κ1) is 18.0. The summed E-state index contributed by atoms with van der Waals surface area (Å²) in [5, 5.41) is 2.93. The molecule has 2 aromatic heterocycles. The van der Waals surface area contributed by atoms with E-state index in [1.807, 2.05) is 66.9 Å². The van der Waals surface area contributed by atoms with Crippen LogP contribution in [-0.2, 0) is 6.54 Å². The van der Waals surface area contributed by atoms with Crippen LogP contribution in [0.15, 0.2) is 73.1 Å². The van der Waals surface area contributed by atoms with Gasteiger partial charge in [0.1, 0.15) is 11.6 Å². The van der Waals surface area contributed by atoms with E-state index >= 15 is 0 Å². The third-order valence-electron chi connectivity index (χ3n) is 4.88. The quantitative estimate of drug-likeness (QED) is 0.745. The van der Waals surface area contributed by atoms with Crippen LogP contribution in [0.25, 0.3) is 0 Å². The fourth-order valence-electron chi connectivity index (χ4n) is 3.29. The standard InChI is InChI=1S/C22H23N5O/c28-22(25-16-18-6-2-1-3-7-18)19-9-10-21(24-17-19)27-14-12-26(13-15-27)20-8-4-5-11-23-20/h1-11,17H,12-16H2,(H,25,28). The van der Waals surface area contributed by atoms with Crippen LogP contribution < -0.4 is 15.1 Å². The lowest BCUT2D eigenvalue weighted by atomic mass is 10.2. The number of carbonyl (C=O) groups is 1. The van der Waals surface area contributed by atoms with Gasteiger partial charge in [0.25, 0.3) is 5.91 Å². The van der Waals surface area contributed by atoms with Crippen LogP contribution >= 0.6 is 0 Å². The number of carbonyl (C=O) groups excluding carboxylic acids is 1. The Bertz CT molecular complexity index is 891. The molecule has 1 aliphatic rings. The molecule has 1 aliphatic heterocycles. The molecule has 4 rings (SSSR count). The highest BCUT2D eigenvalue weighted by molar-refractivity contribution is 5.94. The molecule has 0 bridgehead atoms. The summed E-state index contributed by atoms with van der Waals surface area (Å²) in [5.74, 6) is 1.81. The molecular formula is C22H23N5O. The Morgan fingerprint density at radius 1 is 0.821 bits per heavy atom. The van der Waals surface area contributed by atoms with Crippen LogP contribution in [0.2, 0.25) is 0 Å². The van der Waals surface area contributed by atoms with E-state index in [9.17, 15) is 4.79 Å². The van der Waals surface area contributed by atoms with Gasteiger partial charge in [-0.25, -0.2) is 9.97 Å². The summed E-state index contributed by atoms with van der Waals surface area (Å²) in [4.78, 5) is 25.8. The number of anilines is 2. The average Bonchev–Trinajstić information content (AvgIpc) is 2.79. The SMILES string of the molecule is O=C(NCc1ccccc1)c1ccc(N2CCN(c3ccccn3)CC2)nc1. The van der Waals surface area contributed by atoms with E-state index in [2.05, 4.69) is 25.1 Å². The van der Waals surface area contributed by atoms with Crippen molar-refractivity contribution in [3.8, 4) is 0 Å². The molecule has 0 spiro atoms. The molecule has 6 nitrogen and oxygen atoms in total. The number of pyridine rings is 2. The molecule has 142 valence electrons. The monoisotopic (exact) mass is 373 g/mol. The number of hydrogen-bond acceptors (Lipinski definition) is 5. The second-order valence-corrected chi connectivity index (χ2v) is 6.74. The van der Waals surface area contributed by atoms with Crippen molar-refractivity contribution in [2.75, 3.05) is 36.0 Å². The van der Waals surface area contributed by atoms with Gasteiger partial charge >= 0.3 is 0 Å². The van der Waals surface area contributed by atoms with E-state index in [0.717, 1.165) is 43.4 Å². The topological polar surface area (TPSA) is 61.4 Å². The zero-order valence-corrected chi connectivity index (χ0v) is 15.7. The molecule has 1 N–H and O–H groups in total. The van der Waals surface area contributed by atoms with E-state index in [1.54, 1.807) is 6.20 Å². The molecule has 3 aromatic rings. The van der Waals surface area contributed by atoms with E-state index in [0.29, 0.717) is 12.1 Å². The van der Waals surface area contributed by atoms with Gasteiger partial charge in [0.05, 0.1) is 5.56 Å². The molecule has 6 heteroatoms. The third-order valence-corrected chi connectivity index (χ3v) is 4.88. The van der Waals surface area contributed by atoms with Crippen LogP contribution in [0.5, 0.6) is 0 Å². The van der Waals surface area contributed by atoms with Crippen molar-refractivity contribution in [2.24, 2.45) is 0 Å². The van der Waals surface area contributed by atoms with Crippen molar-refractivity contribution in [3.05, 3.63) is 84.2 Å². The zero-order valence-electron chi connectivity index (χ0n) is 15.7. The first-order valence-electron chi connectivity index (χ1n) is 9.49. The van der Waals surface area contributed by atoms with Crippen LogP contribution in [0.4, 0.5) is 11.6 Å². The fourth-order valence-corrected chi connectivity index (χ4v) is 3.29. The lowest BCUT2D eigenvalue weighted by Crippen LogP contribution is -2.47. The van der Waals surface area contributed by atoms with Gasteiger partial charge < -0.3 is 15.1 Å². The molecule has 0 atom stereocenters. The Kier molecular flexibility index (Phi) is 5.47. The molecule has 0 unspecified atom stereocenters. The number of rotatable bonds is 5. The minimum Gasteiger partial charge on any atom is -0.353 e. The Labute approximate surface area is 164 Å². The summed E-state index contributed by atoms with van der Waals surface area (Å²) in [6, 6.07) is 19.6. The van der Waals surface area contributed by atoms with Crippen molar-refractivity contribution in [1.29, 1.82) is 0 Å². The molecule has 3 heterocycles. The molecule has 0 radical (unpaired) electrons. The largest absolute Gasteiger partial charge is 0.353 e. The van der Waals surface area contributed by atoms with Gasteiger partial charge in [-0.15, -0.1) is 0 Å². The second kappa shape index (κ2) is 8.52. The number of nitrogens with zero attached hydrogens (tertiary/aromatic N) is 4. The van der Waals surface area contributed by atoms with E-state index in [1.165, 1.54) is 0 Å². The smallest absolute Gasteiger partial charge is 0.253 e. The van der Waals surface area contributed by atoms with Crippen LogP contribution in [0, 0.1) is 0 Å². The molecule has 1 amide bonds. The van der Waals surface area contributed by atoms with E-state index in [4.69, 9.17) is 0 Å². The molecule has 0 saturated carbocycles. The van der Waals surface area contributed by atoms with E-state index in [-0.39, 0.29) is 5.91 Å². The van der Waals surface area contributed by atoms with Crippen molar-refractivity contribution in [2.45, 2.75) is 6.54 Å². The highest BCUT2D eigenvalue weighted by Crippen LogP contribution is 2.17. The lowest BCUT2D eigenvalue weighted by molar-refractivity contribution is 0.0950. The average molecular weight is 373 g/mol. The molecule has 28 heavy (non-hydrogen) atoms. The Hall–Kier alpha value is -3.41. The maximum Gasteiger partial charge on any atom is 0.253 e. The van der Waals surface area contributed by atoms with Crippen LogP contribution in [0.3, 0.4) is 0 Å². The lowest BCUT2D eigenvalue weighted by Gasteiger charge is -2.36. The number of nitrogens with one attached hydrogen (secondary N) is 1. The summed E-state index contributed by atoms with van der Waals surface area (Å²) in [7, 11) is 0. The fraction of sp³-hybridized carbons (Fsp3) is 0.227. The number of amides is 1. The van der Waals surface area contributed by atoms with Gasteiger partial charge in [-0.05, 0) is 29.8 Å². The summed E-state index contributed by atoms with van der Waals surface area (Å²) in [6.45, 7) is 4.07. The van der Waals surface area contributed by atoms with Gasteiger partial charge in [0.2, 0.25) is 0 Å². The third kappa shape index (κ3) is 4.28. The van der Waals surface area contributed by atoms with Gasteiger partial charge in [-0.2, -0.15) is 0 Å². The predicted octanol–water partition coefficient (Wildman–Crippen LogP) is 2.73. The van der Waals surface area contributed by atoms with Crippen LogP contribution in [-0.4, -0.2) is 42.1 Å². The summed E-state index contributed by atoms with van der Waals surface area (Å²) in [6.07, 6.45) is 3.48. The first-order chi connectivity index (χ1) is 13.8. The zero-order chi connectivity index (χ0) is 19.2. The van der Waals surface area contributed by atoms with Crippen molar-refractivity contribution in [1.82, 2.24) is 15.3 Å². The second-order valence-electron chi connectivity index (χ2n) is 6.74.